The molecule has 3 nitrogen and oxygen atoms in total. The Balaban J connectivity index is 1.98. The second-order valence-corrected chi connectivity index (χ2v) is 5.27. The first-order valence-electron chi connectivity index (χ1n) is 4.88. The Kier molecular flexibility index (Phi) is 1.54. The molecule has 3 aliphatic rings. The average Bonchev–Trinajstić information content (AvgIpc) is 2.55. The van der Waals surface area contributed by atoms with Crippen LogP contribution in [0.2, 0.25) is 0 Å². The quantitative estimate of drug-likeness (QED) is 0.665. The van der Waals surface area contributed by atoms with Gasteiger partial charge in [0, 0.05) is 11.0 Å². The highest BCUT2D eigenvalue weighted by Crippen LogP contribution is 2.57. The third-order valence-electron chi connectivity index (χ3n) is 3.25. The summed E-state index contributed by atoms with van der Waals surface area (Å²) in [5.74, 6) is -0.481. The summed E-state index contributed by atoms with van der Waals surface area (Å²) >= 11 is 6.07. The van der Waals surface area contributed by atoms with Gasteiger partial charge in [-0.05, 0) is 20.3 Å². The van der Waals surface area contributed by atoms with Gasteiger partial charge >= 0.3 is 0 Å². The topological polar surface area (TPSA) is 38.7 Å². The van der Waals surface area contributed by atoms with Crippen molar-refractivity contribution < 1.29 is 14.6 Å². The molecule has 1 saturated carbocycles. The van der Waals surface area contributed by atoms with E-state index < -0.39 is 11.4 Å². The SMILES string of the molecule is CC1(C)O[C@@H]2C(Cl)=C[C@H]3C[C@]3(O)[C@@H]2O1. The van der Waals surface area contributed by atoms with Gasteiger partial charge in [0.1, 0.15) is 17.8 Å². The molecule has 0 aromatic carbocycles. The largest absolute Gasteiger partial charge is 0.386 e. The standard InChI is InChI=1S/C10H13ClO3/c1-9(2)13-7-6(11)3-5-4-10(5,12)8(7)14-9/h3,5,7-8,12H,4H2,1-2H3/t5-,7+,8+,10+/m0/s1. The van der Waals surface area contributed by atoms with Crippen molar-refractivity contribution in [3.05, 3.63) is 11.1 Å². The zero-order valence-corrected chi connectivity index (χ0v) is 8.91. The first-order chi connectivity index (χ1) is 6.42. The number of aliphatic hydroxyl groups is 1. The molecule has 0 amide bonds. The highest BCUT2D eigenvalue weighted by atomic mass is 35.5. The Labute approximate surface area is 87.6 Å². The zero-order valence-electron chi connectivity index (χ0n) is 8.16. The van der Waals surface area contributed by atoms with E-state index in [4.69, 9.17) is 21.1 Å². The molecule has 1 N–H and O–H groups in total. The van der Waals surface area contributed by atoms with Crippen LogP contribution < -0.4 is 0 Å². The fraction of sp³-hybridized carbons (Fsp3) is 0.800. The minimum absolute atomic E-state index is 0.161. The number of fused-ring (bicyclic) bond motifs is 3. The molecule has 0 aromatic heterocycles. The summed E-state index contributed by atoms with van der Waals surface area (Å²) in [6.07, 6.45) is 2.06. The fourth-order valence-electron chi connectivity index (χ4n) is 2.44. The van der Waals surface area contributed by atoms with Gasteiger partial charge in [0.15, 0.2) is 5.79 Å². The van der Waals surface area contributed by atoms with Gasteiger partial charge in [-0.25, -0.2) is 0 Å². The van der Waals surface area contributed by atoms with Gasteiger partial charge in [0.05, 0.1) is 0 Å². The molecule has 4 atom stereocenters. The molecule has 4 heteroatoms. The summed E-state index contributed by atoms with van der Waals surface area (Å²) in [6, 6.07) is 0. The van der Waals surface area contributed by atoms with Crippen LogP contribution in [-0.2, 0) is 9.47 Å². The Morgan fingerprint density at radius 1 is 1.50 bits per heavy atom. The predicted molar refractivity (Wildman–Crippen MR) is 50.8 cm³/mol. The molecule has 2 fully saturated rings. The molecule has 1 heterocycles. The van der Waals surface area contributed by atoms with Gasteiger partial charge in [0.2, 0.25) is 0 Å². The summed E-state index contributed by atoms with van der Waals surface area (Å²) in [7, 11) is 0. The molecule has 2 aliphatic carbocycles. The second kappa shape index (κ2) is 2.35. The van der Waals surface area contributed by atoms with Gasteiger partial charge in [-0.15, -0.1) is 0 Å². The lowest BCUT2D eigenvalue weighted by Gasteiger charge is -2.25. The molecule has 1 saturated heterocycles. The predicted octanol–water partition coefficient (Wildman–Crippen LogP) is 1.39. The van der Waals surface area contributed by atoms with Crippen molar-refractivity contribution in [2.75, 3.05) is 0 Å². The van der Waals surface area contributed by atoms with Crippen molar-refractivity contribution in [3.8, 4) is 0 Å². The van der Waals surface area contributed by atoms with E-state index in [0.717, 1.165) is 6.42 Å². The number of ether oxygens (including phenoxy) is 2. The van der Waals surface area contributed by atoms with Crippen molar-refractivity contribution in [2.45, 2.75) is 43.9 Å². The van der Waals surface area contributed by atoms with Crippen molar-refractivity contribution in [1.29, 1.82) is 0 Å². The van der Waals surface area contributed by atoms with E-state index in [0.29, 0.717) is 5.03 Å². The van der Waals surface area contributed by atoms with Crippen molar-refractivity contribution in [1.82, 2.24) is 0 Å². The smallest absolute Gasteiger partial charge is 0.164 e. The van der Waals surface area contributed by atoms with Gasteiger partial charge in [0.25, 0.3) is 0 Å². The molecule has 14 heavy (non-hydrogen) atoms. The van der Waals surface area contributed by atoms with Crippen LogP contribution >= 0.6 is 11.6 Å². The van der Waals surface area contributed by atoms with E-state index >= 15 is 0 Å². The van der Waals surface area contributed by atoms with Crippen LogP contribution in [-0.4, -0.2) is 28.7 Å². The minimum Gasteiger partial charge on any atom is -0.386 e. The van der Waals surface area contributed by atoms with Crippen LogP contribution in [0.5, 0.6) is 0 Å². The first kappa shape index (κ1) is 9.16. The van der Waals surface area contributed by atoms with E-state index in [9.17, 15) is 5.11 Å². The lowest BCUT2D eigenvalue weighted by atomic mass is 9.98. The highest BCUT2D eigenvalue weighted by Gasteiger charge is 2.67. The van der Waals surface area contributed by atoms with Crippen LogP contribution in [0.25, 0.3) is 0 Å². The first-order valence-corrected chi connectivity index (χ1v) is 5.25. The molecular formula is C10H13ClO3. The summed E-state index contributed by atoms with van der Waals surface area (Å²) in [4.78, 5) is 0. The normalized spacial score (nSPS) is 53.4. The zero-order chi connectivity index (χ0) is 10.1. The number of rotatable bonds is 0. The minimum atomic E-state index is -0.725. The fourth-order valence-corrected chi connectivity index (χ4v) is 2.75. The maximum absolute atomic E-state index is 10.2. The van der Waals surface area contributed by atoms with Gasteiger partial charge < -0.3 is 14.6 Å². The molecule has 0 bridgehead atoms. The van der Waals surface area contributed by atoms with Gasteiger partial charge in [-0.3, -0.25) is 0 Å². The maximum atomic E-state index is 10.2. The average molecular weight is 217 g/mol. The molecule has 78 valence electrons. The van der Waals surface area contributed by atoms with Crippen LogP contribution in [0.15, 0.2) is 11.1 Å². The van der Waals surface area contributed by atoms with E-state index in [-0.39, 0.29) is 18.1 Å². The van der Waals surface area contributed by atoms with E-state index in [2.05, 4.69) is 0 Å². The summed E-state index contributed by atoms with van der Waals surface area (Å²) in [5, 5.41) is 10.8. The van der Waals surface area contributed by atoms with Crippen LogP contribution in [0.3, 0.4) is 0 Å². The van der Waals surface area contributed by atoms with E-state index in [1.54, 1.807) is 0 Å². The molecule has 0 unspecified atom stereocenters. The Bertz CT molecular complexity index is 325. The molecule has 0 radical (unpaired) electrons. The molecule has 0 aromatic rings. The van der Waals surface area contributed by atoms with Crippen molar-refractivity contribution in [3.63, 3.8) is 0 Å². The molecule has 0 spiro atoms. The maximum Gasteiger partial charge on any atom is 0.164 e. The summed E-state index contributed by atoms with van der Waals surface area (Å²) in [5.41, 5.74) is -0.725. The van der Waals surface area contributed by atoms with E-state index in [1.165, 1.54) is 0 Å². The van der Waals surface area contributed by atoms with Crippen molar-refractivity contribution >= 4 is 11.6 Å². The molecule has 3 rings (SSSR count). The number of halogens is 1. The summed E-state index contributed by atoms with van der Waals surface area (Å²) < 4.78 is 11.3. The third kappa shape index (κ3) is 1.04. The van der Waals surface area contributed by atoms with Crippen LogP contribution in [0.4, 0.5) is 0 Å². The Morgan fingerprint density at radius 2 is 2.21 bits per heavy atom. The van der Waals surface area contributed by atoms with Crippen molar-refractivity contribution in [2.24, 2.45) is 5.92 Å². The van der Waals surface area contributed by atoms with Crippen LogP contribution in [0.1, 0.15) is 20.3 Å². The lowest BCUT2D eigenvalue weighted by molar-refractivity contribution is -0.156. The summed E-state index contributed by atoms with van der Waals surface area (Å²) in [6.45, 7) is 3.69. The van der Waals surface area contributed by atoms with Crippen LogP contribution in [0, 0.1) is 5.92 Å². The van der Waals surface area contributed by atoms with E-state index in [1.807, 2.05) is 19.9 Å². The van der Waals surface area contributed by atoms with Gasteiger partial charge in [-0.2, -0.15) is 0 Å². The molecular weight excluding hydrogens is 204 g/mol. The molecule has 1 aliphatic heterocycles. The lowest BCUT2D eigenvalue weighted by Crippen LogP contribution is -2.41. The van der Waals surface area contributed by atoms with Gasteiger partial charge in [-0.1, -0.05) is 17.7 Å². The third-order valence-corrected chi connectivity index (χ3v) is 3.59. The number of hydrogen-bond acceptors (Lipinski definition) is 3. The highest BCUT2D eigenvalue weighted by molar-refractivity contribution is 6.30. The second-order valence-electron chi connectivity index (χ2n) is 4.83. The monoisotopic (exact) mass is 216 g/mol. The Hall–Kier alpha value is -0.0900. The number of hydrogen-bond donors (Lipinski definition) is 1. The Morgan fingerprint density at radius 3 is 2.93 bits per heavy atom.